The Balaban J connectivity index is 1.42. The smallest absolute Gasteiger partial charge is 0.269 e. The predicted octanol–water partition coefficient (Wildman–Crippen LogP) is 3.96. The highest BCUT2D eigenvalue weighted by molar-refractivity contribution is 5.92. The second-order valence-electron chi connectivity index (χ2n) is 8.68. The first kappa shape index (κ1) is 24.8. The van der Waals surface area contributed by atoms with Gasteiger partial charge in [-0.3, -0.25) is 14.9 Å². The number of aromatic nitrogens is 2. The number of non-ortho nitro benzene ring substituents is 1. The van der Waals surface area contributed by atoms with Gasteiger partial charge in [-0.2, -0.15) is 0 Å². The van der Waals surface area contributed by atoms with E-state index in [-0.39, 0.29) is 11.6 Å². The van der Waals surface area contributed by atoms with E-state index in [0.717, 1.165) is 39.8 Å². The molecule has 4 rings (SSSR count). The molecule has 1 aliphatic heterocycles. The van der Waals surface area contributed by atoms with Gasteiger partial charge < -0.3 is 14.5 Å². The van der Waals surface area contributed by atoms with E-state index in [9.17, 15) is 14.9 Å². The van der Waals surface area contributed by atoms with Gasteiger partial charge in [-0.15, -0.1) is 0 Å². The third kappa shape index (κ3) is 5.86. The zero-order valence-electron chi connectivity index (χ0n) is 20.7. The summed E-state index contributed by atoms with van der Waals surface area (Å²) in [5.41, 5.74) is 3.96. The number of carbonyl (C=O) groups is 1. The van der Waals surface area contributed by atoms with E-state index >= 15 is 0 Å². The number of anilines is 1. The van der Waals surface area contributed by atoms with Gasteiger partial charge in [0.05, 0.1) is 12.0 Å². The highest BCUT2D eigenvalue weighted by Crippen LogP contribution is 2.26. The Morgan fingerprint density at radius 1 is 1.03 bits per heavy atom. The molecular weight excluding hydrogens is 458 g/mol. The number of methoxy groups -OCH3 is 1. The SMILES string of the molecule is COc1ccc(Cc2c(C)nc(C)nc2N2CCN(C(=O)C=Cc3ccc([N+](=O)[O-])cc3)CC2)cc1. The maximum Gasteiger partial charge on any atom is 0.269 e. The number of aryl methyl sites for hydroxylation is 2. The summed E-state index contributed by atoms with van der Waals surface area (Å²) in [7, 11) is 1.65. The van der Waals surface area contributed by atoms with Gasteiger partial charge in [0.2, 0.25) is 5.91 Å². The van der Waals surface area contributed by atoms with E-state index in [1.54, 1.807) is 25.3 Å². The minimum absolute atomic E-state index is 0.0242. The molecular formula is C27H29N5O4. The average molecular weight is 488 g/mol. The minimum Gasteiger partial charge on any atom is -0.497 e. The van der Waals surface area contributed by atoms with Crippen molar-refractivity contribution in [1.82, 2.24) is 14.9 Å². The highest BCUT2D eigenvalue weighted by atomic mass is 16.6. The summed E-state index contributed by atoms with van der Waals surface area (Å²) >= 11 is 0. The van der Waals surface area contributed by atoms with Crippen molar-refractivity contribution in [3.8, 4) is 5.75 Å². The molecule has 2 heterocycles. The number of ether oxygens (including phenoxy) is 1. The summed E-state index contributed by atoms with van der Waals surface area (Å²) in [5.74, 6) is 2.38. The molecule has 0 N–H and O–H groups in total. The normalized spacial score (nSPS) is 13.8. The zero-order valence-corrected chi connectivity index (χ0v) is 20.7. The maximum atomic E-state index is 12.7. The van der Waals surface area contributed by atoms with Crippen LogP contribution in [-0.2, 0) is 11.2 Å². The third-order valence-electron chi connectivity index (χ3n) is 6.26. The lowest BCUT2D eigenvalue weighted by atomic mass is 10.0. The fraction of sp³-hybridized carbons (Fsp3) is 0.296. The lowest BCUT2D eigenvalue weighted by molar-refractivity contribution is -0.384. The molecule has 0 bridgehead atoms. The fourth-order valence-electron chi connectivity index (χ4n) is 4.25. The van der Waals surface area contributed by atoms with Crippen molar-refractivity contribution in [2.45, 2.75) is 20.3 Å². The summed E-state index contributed by atoms with van der Waals surface area (Å²) < 4.78 is 5.27. The molecule has 0 spiro atoms. The Morgan fingerprint density at radius 2 is 1.69 bits per heavy atom. The molecule has 36 heavy (non-hydrogen) atoms. The van der Waals surface area contributed by atoms with Crippen LogP contribution >= 0.6 is 0 Å². The summed E-state index contributed by atoms with van der Waals surface area (Å²) in [5, 5.41) is 10.8. The Hall–Kier alpha value is -4.27. The highest BCUT2D eigenvalue weighted by Gasteiger charge is 2.24. The maximum absolute atomic E-state index is 12.7. The van der Waals surface area contributed by atoms with Gasteiger partial charge >= 0.3 is 0 Å². The number of nitro benzene ring substituents is 1. The van der Waals surface area contributed by atoms with Crippen LogP contribution in [0.5, 0.6) is 5.75 Å². The molecule has 0 unspecified atom stereocenters. The monoisotopic (exact) mass is 487 g/mol. The Bertz CT molecular complexity index is 1260. The van der Waals surface area contributed by atoms with E-state index in [2.05, 4.69) is 22.0 Å². The molecule has 3 aromatic rings. The summed E-state index contributed by atoms with van der Waals surface area (Å²) in [6, 6.07) is 14.1. The van der Waals surface area contributed by atoms with E-state index in [1.807, 2.05) is 30.9 Å². The number of piperazine rings is 1. The summed E-state index contributed by atoms with van der Waals surface area (Å²) in [6.07, 6.45) is 3.91. The van der Waals surface area contributed by atoms with E-state index in [4.69, 9.17) is 9.72 Å². The number of nitrogens with zero attached hydrogens (tertiary/aromatic N) is 5. The molecule has 0 atom stereocenters. The van der Waals surface area contributed by atoms with Crippen LogP contribution < -0.4 is 9.64 Å². The Kier molecular flexibility index (Phi) is 7.58. The van der Waals surface area contributed by atoms with Crippen LogP contribution in [0.15, 0.2) is 54.6 Å². The van der Waals surface area contributed by atoms with Crippen LogP contribution in [0.3, 0.4) is 0 Å². The fourth-order valence-corrected chi connectivity index (χ4v) is 4.25. The van der Waals surface area contributed by atoms with Crippen LogP contribution in [0.4, 0.5) is 11.5 Å². The Labute approximate surface area is 210 Å². The minimum atomic E-state index is -0.443. The lowest BCUT2D eigenvalue weighted by Gasteiger charge is -2.36. The second-order valence-corrected chi connectivity index (χ2v) is 8.68. The first-order valence-electron chi connectivity index (χ1n) is 11.8. The van der Waals surface area contributed by atoms with Crippen LogP contribution in [0.25, 0.3) is 6.08 Å². The quantitative estimate of drug-likeness (QED) is 0.282. The van der Waals surface area contributed by atoms with Crippen LogP contribution in [0, 0.1) is 24.0 Å². The van der Waals surface area contributed by atoms with Crippen LogP contribution in [0.2, 0.25) is 0 Å². The number of hydrogen-bond donors (Lipinski definition) is 0. The van der Waals surface area contributed by atoms with E-state index in [1.165, 1.54) is 18.2 Å². The average Bonchev–Trinajstić information content (AvgIpc) is 2.89. The van der Waals surface area contributed by atoms with Crippen molar-refractivity contribution >= 4 is 23.5 Å². The molecule has 186 valence electrons. The number of rotatable bonds is 7. The summed E-state index contributed by atoms with van der Waals surface area (Å²) in [4.78, 5) is 36.5. The molecule has 0 saturated carbocycles. The predicted molar refractivity (Wildman–Crippen MR) is 138 cm³/mol. The van der Waals surface area contributed by atoms with Gasteiger partial charge in [-0.05, 0) is 55.3 Å². The zero-order chi connectivity index (χ0) is 25.7. The van der Waals surface area contributed by atoms with Gasteiger partial charge in [0.25, 0.3) is 5.69 Å². The Morgan fingerprint density at radius 3 is 2.31 bits per heavy atom. The van der Waals surface area contributed by atoms with Gasteiger partial charge in [-0.25, -0.2) is 9.97 Å². The van der Waals surface area contributed by atoms with Gasteiger partial charge in [0.15, 0.2) is 0 Å². The van der Waals surface area contributed by atoms with Crippen molar-refractivity contribution in [1.29, 1.82) is 0 Å². The molecule has 0 radical (unpaired) electrons. The van der Waals surface area contributed by atoms with Gasteiger partial charge in [-0.1, -0.05) is 12.1 Å². The lowest BCUT2D eigenvalue weighted by Crippen LogP contribution is -2.49. The molecule has 0 aliphatic carbocycles. The number of amides is 1. The van der Waals surface area contributed by atoms with Crippen molar-refractivity contribution in [3.05, 3.63) is 92.9 Å². The molecule has 1 fully saturated rings. The van der Waals surface area contributed by atoms with Gasteiger partial charge in [0, 0.05) is 62.1 Å². The molecule has 9 nitrogen and oxygen atoms in total. The van der Waals surface area contributed by atoms with Crippen LogP contribution in [0.1, 0.15) is 28.2 Å². The second kappa shape index (κ2) is 11.0. The molecule has 1 aliphatic rings. The van der Waals surface area contributed by atoms with Gasteiger partial charge in [0.1, 0.15) is 17.4 Å². The van der Waals surface area contributed by atoms with Crippen molar-refractivity contribution in [2.75, 3.05) is 38.2 Å². The molecule has 1 aromatic heterocycles. The van der Waals surface area contributed by atoms with E-state index < -0.39 is 4.92 Å². The summed E-state index contributed by atoms with van der Waals surface area (Å²) in [6.45, 7) is 6.41. The largest absolute Gasteiger partial charge is 0.497 e. The number of benzene rings is 2. The van der Waals surface area contributed by atoms with Crippen molar-refractivity contribution in [3.63, 3.8) is 0 Å². The van der Waals surface area contributed by atoms with Crippen LogP contribution in [-0.4, -0.2) is 59.0 Å². The molecule has 1 saturated heterocycles. The number of nitro groups is 1. The number of hydrogen-bond acceptors (Lipinski definition) is 7. The number of carbonyl (C=O) groups excluding carboxylic acids is 1. The molecule has 2 aromatic carbocycles. The molecule has 1 amide bonds. The first-order chi connectivity index (χ1) is 17.3. The standard InChI is InChI=1S/C27H29N5O4/c1-19-25(18-22-6-11-24(36-3)12-7-22)27(29-20(2)28-19)31-16-14-30(15-17-31)26(33)13-8-21-4-9-23(10-5-21)32(34)35/h4-13H,14-18H2,1-3H3. The van der Waals surface area contributed by atoms with Crippen molar-refractivity contribution in [2.24, 2.45) is 0 Å². The third-order valence-corrected chi connectivity index (χ3v) is 6.26. The van der Waals surface area contributed by atoms with E-state index in [0.29, 0.717) is 32.6 Å². The topological polar surface area (TPSA) is 102 Å². The first-order valence-corrected chi connectivity index (χ1v) is 11.8. The van der Waals surface area contributed by atoms with Crippen molar-refractivity contribution < 1.29 is 14.5 Å². The molecule has 9 heteroatoms.